The summed E-state index contributed by atoms with van der Waals surface area (Å²) in [5, 5.41) is -0.767. The zero-order valence-electron chi connectivity index (χ0n) is 20.7. The highest BCUT2D eigenvalue weighted by atomic mass is 32.2. The fourth-order valence-corrected chi connectivity index (χ4v) is 5.38. The summed E-state index contributed by atoms with van der Waals surface area (Å²) in [5.41, 5.74) is 1.55. The smallest absolute Gasteiger partial charge is 0.185 e. The van der Waals surface area contributed by atoms with Crippen LogP contribution in [0.5, 0.6) is 0 Å². The van der Waals surface area contributed by atoms with Gasteiger partial charge >= 0.3 is 0 Å². The first kappa shape index (κ1) is 26.1. The van der Waals surface area contributed by atoms with E-state index in [4.69, 9.17) is 18.9 Å². The van der Waals surface area contributed by atoms with Gasteiger partial charge in [-0.05, 0) is 43.5 Å². The van der Waals surface area contributed by atoms with E-state index in [1.54, 1.807) is 30.3 Å². The second-order valence-electron chi connectivity index (χ2n) is 10.7. The molecule has 1 aromatic carbocycles. The summed E-state index contributed by atoms with van der Waals surface area (Å²) in [5.74, 6) is 0. The SMILES string of the molecule is CC(=CCC(C=C(C)C1OCC(C)(C)CO1)S(=O)(=O)c1ccccc1)C1OCC(C)(C)CO1. The van der Waals surface area contributed by atoms with Crippen molar-refractivity contribution in [1.82, 2.24) is 0 Å². The van der Waals surface area contributed by atoms with Crippen LogP contribution in [0.3, 0.4) is 0 Å². The summed E-state index contributed by atoms with van der Waals surface area (Å²) in [6, 6.07) is 8.55. The average molecular weight is 479 g/mol. The van der Waals surface area contributed by atoms with Crippen molar-refractivity contribution in [2.75, 3.05) is 26.4 Å². The number of hydrogen-bond acceptors (Lipinski definition) is 6. The second kappa shape index (κ2) is 10.4. The number of benzene rings is 1. The van der Waals surface area contributed by atoms with Gasteiger partial charge in [-0.1, -0.05) is 58.0 Å². The van der Waals surface area contributed by atoms with Crippen LogP contribution in [0.2, 0.25) is 0 Å². The molecule has 0 N–H and O–H groups in total. The Labute approximate surface area is 198 Å². The normalized spacial score (nSPS) is 23.9. The van der Waals surface area contributed by atoms with Crippen LogP contribution in [-0.2, 0) is 28.8 Å². The minimum absolute atomic E-state index is 0.0234. The molecule has 2 aliphatic rings. The highest BCUT2D eigenvalue weighted by molar-refractivity contribution is 7.92. The molecule has 1 aromatic rings. The van der Waals surface area contributed by atoms with E-state index >= 15 is 0 Å². The number of sulfone groups is 1. The first-order valence-electron chi connectivity index (χ1n) is 11.5. The van der Waals surface area contributed by atoms with Crippen molar-refractivity contribution < 1.29 is 27.4 Å². The number of allylic oxidation sites excluding steroid dienone is 1. The highest BCUT2D eigenvalue weighted by Crippen LogP contribution is 2.29. The van der Waals surface area contributed by atoms with Crippen LogP contribution in [0.25, 0.3) is 0 Å². The van der Waals surface area contributed by atoms with Gasteiger partial charge in [0.25, 0.3) is 0 Å². The Bertz CT molecular complexity index is 942. The third-order valence-corrected chi connectivity index (χ3v) is 7.89. The van der Waals surface area contributed by atoms with E-state index in [2.05, 4.69) is 27.7 Å². The zero-order chi connectivity index (χ0) is 24.3. The average Bonchev–Trinajstić information content (AvgIpc) is 2.76. The molecule has 2 heterocycles. The highest BCUT2D eigenvalue weighted by Gasteiger charge is 2.32. The molecule has 2 fully saturated rings. The molecule has 0 aromatic heterocycles. The second-order valence-corrected chi connectivity index (χ2v) is 12.9. The van der Waals surface area contributed by atoms with Gasteiger partial charge in [-0.25, -0.2) is 8.42 Å². The van der Waals surface area contributed by atoms with Crippen molar-refractivity contribution >= 4 is 9.84 Å². The molecule has 0 amide bonds. The van der Waals surface area contributed by atoms with Gasteiger partial charge < -0.3 is 18.9 Å². The summed E-state index contributed by atoms with van der Waals surface area (Å²) in [7, 11) is -3.62. The van der Waals surface area contributed by atoms with Crippen molar-refractivity contribution in [2.45, 2.75) is 70.7 Å². The monoisotopic (exact) mass is 478 g/mol. The predicted molar refractivity (Wildman–Crippen MR) is 128 cm³/mol. The van der Waals surface area contributed by atoms with Gasteiger partial charge in [0.15, 0.2) is 22.4 Å². The molecule has 6 nitrogen and oxygen atoms in total. The lowest BCUT2D eigenvalue weighted by atomic mass is 9.95. The van der Waals surface area contributed by atoms with Gasteiger partial charge in [-0.15, -0.1) is 0 Å². The Morgan fingerprint density at radius 1 is 0.879 bits per heavy atom. The maximum Gasteiger partial charge on any atom is 0.185 e. The van der Waals surface area contributed by atoms with E-state index in [1.807, 2.05) is 26.0 Å². The number of ether oxygens (including phenoxy) is 4. The Balaban J connectivity index is 1.82. The van der Waals surface area contributed by atoms with Crippen LogP contribution in [0.15, 0.2) is 58.5 Å². The summed E-state index contributed by atoms with van der Waals surface area (Å²) in [6.45, 7) is 14.4. The van der Waals surface area contributed by atoms with Gasteiger partial charge in [0.2, 0.25) is 0 Å². The maximum absolute atomic E-state index is 13.5. The molecule has 1 unspecified atom stereocenters. The molecule has 2 saturated heterocycles. The van der Waals surface area contributed by atoms with Crippen LogP contribution in [0.4, 0.5) is 0 Å². The molecule has 184 valence electrons. The third kappa shape index (κ3) is 6.99. The Kier molecular flexibility index (Phi) is 8.23. The third-order valence-electron chi connectivity index (χ3n) is 5.84. The molecule has 1 atom stereocenters. The van der Waals surface area contributed by atoms with E-state index in [-0.39, 0.29) is 10.8 Å². The van der Waals surface area contributed by atoms with Gasteiger partial charge in [0.1, 0.15) is 0 Å². The fraction of sp³-hybridized carbons (Fsp3) is 0.615. The summed E-state index contributed by atoms with van der Waals surface area (Å²) in [6.07, 6.45) is 2.98. The van der Waals surface area contributed by atoms with E-state index in [0.29, 0.717) is 37.7 Å². The molecule has 0 bridgehead atoms. The summed E-state index contributed by atoms with van der Waals surface area (Å²) in [4.78, 5) is 0.295. The van der Waals surface area contributed by atoms with Crippen molar-refractivity contribution in [3.63, 3.8) is 0 Å². The first-order valence-corrected chi connectivity index (χ1v) is 13.0. The molecular weight excluding hydrogens is 440 g/mol. The lowest BCUT2D eigenvalue weighted by Crippen LogP contribution is -2.38. The lowest BCUT2D eigenvalue weighted by molar-refractivity contribution is -0.203. The van der Waals surface area contributed by atoms with Crippen molar-refractivity contribution in [1.29, 1.82) is 0 Å². The minimum Gasteiger partial charge on any atom is -0.348 e. The van der Waals surface area contributed by atoms with Crippen LogP contribution in [0.1, 0.15) is 48.0 Å². The maximum atomic E-state index is 13.5. The zero-order valence-corrected chi connectivity index (χ0v) is 21.5. The Morgan fingerprint density at radius 3 is 1.82 bits per heavy atom. The first-order chi connectivity index (χ1) is 15.4. The Morgan fingerprint density at radius 2 is 1.33 bits per heavy atom. The predicted octanol–water partition coefficient (Wildman–Crippen LogP) is 4.91. The van der Waals surface area contributed by atoms with E-state index in [9.17, 15) is 8.42 Å². The summed E-state index contributed by atoms with van der Waals surface area (Å²) < 4.78 is 50.5. The van der Waals surface area contributed by atoms with Crippen molar-refractivity contribution in [3.05, 3.63) is 53.6 Å². The molecule has 7 heteroatoms. The van der Waals surface area contributed by atoms with E-state index < -0.39 is 27.7 Å². The van der Waals surface area contributed by atoms with Gasteiger partial charge in [0.05, 0.1) is 36.6 Å². The van der Waals surface area contributed by atoms with Gasteiger partial charge in [0, 0.05) is 10.8 Å². The number of hydrogen-bond donors (Lipinski definition) is 0. The van der Waals surface area contributed by atoms with Gasteiger partial charge in [-0.3, -0.25) is 0 Å². The van der Waals surface area contributed by atoms with Crippen LogP contribution >= 0.6 is 0 Å². The molecular formula is C26H38O6S. The Hall–Kier alpha value is -1.51. The molecule has 0 spiro atoms. The number of rotatable bonds is 7. The quantitative estimate of drug-likeness (QED) is 0.519. The lowest BCUT2D eigenvalue weighted by Gasteiger charge is -2.35. The molecule has 0 saturated carbocycles. The molecule has 2 aliphatic heterocycles. The molecule has 33 heavy (non-hydrogen) atoms. The molecule has 0 aliphatic carbocycles. The van der Waals surface area contributed by atoms with Crippen LogP contribution < -0.4 is 0 Å². The van der Waals surface area contributed by atoms with Crippen molar-refractivity contribution in [2.24, 2.45) is 10.8 Å². The largest absolute Gasteiger partial charge is 0.348 e. The topological polar surface area (TPSA) is 71.1 Å². The van der Waals surface area contributed by atoms with Crippen LogP contribution in [0, 0.1) is 10.8 Å². The van der Waals surface area contributed by atoms with Crippen LogP contribution in [-0.4, -0.2) is 52.7 Å². The molecule has 0 radical (unpaired) electrons. The van der Waals surface area contributed by atoms with E-state index in [0.717, 1.165) is 11.1 Å². The minimum atomic E-state index is -3.62. The van der Waals surface area contributed by atoms with Gasteiger partial charge in [-0.2, -0.15) is 0 Å². The molecule has 3 rings (SSSR count). The fourth-order valence-electron chi connectivity index (χ4n) is 3.75. The van der Waals surface area contributed by atoms with Crippen molar-refractivity contribution in [3.8, 4) is 0 Å². The standard InChI is InChI=1S/C26H38O6S/c1-19(23-29-15-25(3,4)16-30-23)12-13-22(33(27,28)21-10-8-7-9-11-21)14-20(2)24-31-17-26(5,6)18-32-24/h7-12,14,22-24H,13,15-18H2,1-6H3. The summed E-state index contributed by atoms with van der Waals surface area (Å²) >= 11 is 0. The van der Waals surface area contributed by atoms with E-state index in [1.165, 1.54) is 0 Å².